The van der Waals surface area contributed by atoms with Crippen LogP contribution in [0, 0.1) is 0 Å². The Kier molecular flexibility index (Phi) is 3.08. The van der Waals surface area contributed by atoms with Gasteiger partial charge in [0.15, 0.2) is 0 Å². The average Bonchev–Trinajstić information content (AvgIpc) is 2.71. The highest BCUT2D eigenvalue weighted by molar-refractivity contribution is 6.15. The Balaban J connectivity index is 1.94. The summed E-state index contributed by atoms with van der Waals surface area (Å²) < 4.78 is 0. The largest absolute Gasteiger partial charge is 0.255 e. The van der Waals surface area contributed by atoms with E-state index in [-0.39, 0.29) is 0 Å². The summed E-state index contributed by atoms with van der Waals surface area (Å²) in [5, 5.41) is 2.41. The maximum absolute atomic E-state index is 4.91. The minimum absolute atomic E-state index is 0.787. The molecule has 0 aromatic heterocycles. The van der Waals surface area contributed by atoms with E-state index < -0.39 is 0 Å². The highest BCUT2D eigenvalue weighted by Gasteiger charge is 2.13. The van der Waals surface area contributed by atoms with Crippen LogP contribution in [0.1, 0.15) is 18.9 Å². The van der Waals surface area contributed by atoms with Crippen LogP contribution >= 0.6 is 0 Å². The summed E-state index contributed by atoms with van der Waals surface area (Å²) in [5.41, 5.74) is 5.25. The fourth-order valence-electron chi connectivity index (χ4n) is 2.86. The predicted octanol–water partition coefficient (Wildman–Crippen LogP) is 5.46. The van der Waals surface area contributed by atoms with Gasteiger partial charge in [-0.3, -0.25) is 9.98 Å². The molecule has 3 aromatic rings. The van der Waals surface area contributed by atoms with Gasteiger partial charge in [-0.25, -0.2) is 0 Å². The molecule has 0 radical (unpaired) electrons. The lowest BCUT2D eigenvalue weighted by Crippen LogP contribution is -2.05. The molecule has 0 aliphatic carbocycles. The lowest BCUT2D eigenvalue weighted by Gasteiger charge is -2.05. The molecule has 22 heavy (non-hydrogen) atoms. The molecule has 0 atom stereocenters. The van der Waals surface area contributed by atoms with Crippen molar-refractivity contribution in [3.8, 4) is 0 Å². The van der Waals surface area contributed by atoms with Gasteiger partial charge in [-0.1, -0.05) is 54.6 Å². The van der Waals surface area contributed by atoms with E-state index >= 15 is 0 Å². The second-order valence-corrected chi connectivity index (χ2v) is 5.64. The molecule has 0 saturated heterocycles. The molecule has 0 spiro atoms. The first-order valence-corrected chi connectivity index (χ1v) is 7.49. The van der Waals surface area contributed by atoms with Gasteiger partial charge in [-0.2, -0.15) is 0 Å². The Morgan fingerprint density at radius 1 is 0.727 bits per heavy atom. The van der Waals surface area contributed by atoms with Crippen molar-refractivity contribution in [1.29, 1.82) is 0 Å². The van der Waals surface area contributed by atoms with Crippen LogP contribution in [0.4, 0.5) is 11.4 Å². The van der Waals surface area contributed by atoms with E-state index in [1.807, 2.05) is 6.07 Å². The molecule has 1 heterocycles. The van der Waals surface area contributed by atoms with Crippen LogP contribution in [0.5, 0.6) is 0 Å². The summed E-state index contributed by atoms with van der Waals surface area (Å²) in [4.78, 5) is 9.68. The van der Waals surface area contributed by atoms with Crippen molar-refractivity contribution in [3.05, 3.63) is 72.3 Å². The molecular weight excluding hydrogens is 268 g/mol. The first-order valence-electron chi connectivity index (χ1n) is 7.49. The molecule has 0 unspecified atom stereocenters. The van der Waals surface area contributed by atoms with Crippen LogP contribution in [0.2, 0.25) is 0 Å². The quantitative estimate of drug-likeness (QED) is 0.567. The van der Waals surface area contributed by atoms with Crippen LogP contribution in [-0.2, 0) is 0 Å². The SMILES string of the molecule is CC1=Nc2cc3ccccc3cc2N=C(c2ccccc2)C1. The lowest BCUT2D eigenvalue weighted by molar-refractivity contribution is 1.44. The van der Waals surface area contributed by atoms with Crippen molar-refractivity contribution in [1.82, 2.24) is 0 Å². The summed E-state index contributed by atoms with van der Waals surface area (Å²) in [6.45, 7) is 2.07. The Labute approximate surface area is 129 Å². The van der Waals surface area contributed by atoms with E-state index in [0.29, 0.717) is 0 Å². The maximum atomic E-state index is 4.91. The average molecular weight is 284 g/mol. The van der Waals surface area contributed by atoms with E-state index in [1.165, 1.54) is 10.8 Å². The van der Waals surface area contributed by atoms with Crippen molar-refractivity contribution >= 4 is 33.6 Å². The monoisotopic (exact) mass is 284 g/mol. The molecule has 0 amide bonds. The minimum atomic E-state index is 0.787. The van der Waals surface area contributed by atoms with Gasteiger partial charge in [-0.15, -0.1) is 0 Å². The Morgan fingerprint density at radius 2 is 1.32 bits per heavy atom. The third kappa shape index (κ3) is 2.33. The van der Waals surface area contributed by atoms with Crippen molar-refractivity contribution in [2.24, 2.45) is 9.98 Å². The number of nitrogens with zero attached hydrogens (tertiary/aromatic N) is 2. The number of rotatable bonds is 1. The topological polar surface area (TPSA) is 24.7 Å². The molecule has 0 saturated carbocycles. The number of benzene rings is 3. The molecule has 1 aliphatic heterocycles. The smallest absolute Gasteiger partial charge is 0.0896 e. The van der Waals surface area contributed by atoms with E-state index in [2.05, 4.69) is 67.6 Å². The number of fused-ring (bicyclic) bond motifs is 2. The van der Waals surface area contributed by atoms with E-state index in [9.17, 15) is 0 Å². The van der Waals surface area contributed by atoms with Crippen LogP contribution in [0.3, 0.4) is 0 Å². The number of hydrogen-bond acceptors (Lipinski definition) is 2. The molecule has 2 nitrogen and oxygen atoms in total. The second-order valence-electron chi connectivity index (χ2n) is 5.64. The van der Waals surface area contributed by atoms with Crippen LogP contribution in [0.15, 0.2) is 76.7 Å². The maximum Gasteiger partial charge on any atom is 0.0896 e. The first-order chi connectivity index (χ1) is 10.8. The third-order valence-corrected chi connectivity index (χ3v) is 3.94. The van der Waals surface area contributed by atoms with Gasteiger partial charge >= 0.3 is 0 Å². The van der Waals surface area contributed by atoms with Crippen molar-refractivity contribution in [2.75, 3.05) is 0 Å². The zero-order chi connectivity index (χ0) is 14.9. The molecule has 2 heteroatoms. The van der Waals surface area contributed by atoms with Crippen LogP contribution in [0.25, 0.3) is 10.8 Å². The predicted molar refractivity (Wildman–Crippen MR) is 94.0 cm³/mol. The van der Waals surface area contributed by atoms with Crippen molar-refractivity contribution in [2.45, 2.75) is 13.3 Å². The second kappa shape index (κ2) is 5.23. The molecular formula is C20H16N2. The fraction of sp³-hybridized carbons (Fsp3) is 0.100. The first kappa shape index (κ1) is 13.0. The number of aliphatic imine (C=N–C) groups is 2. The lowest BCUT2D eigenvalue weighted by atomic mass is 10.1. The van der Waals surface area contributed by atoms with Gasteiger partial charge in [-0.05, 0) is 35.4 Å². The Bertz CT molecular complexity index is 905. The minimum Gasteiger partial charge on any atom is -0.255 e. The summed E-state index contributed by atoms with van der Waals surface area (Å²) in [7, 11) is 0. The summed E-state index contributed by atoms with van der Waals surface area (Å²) >= 11 is 0. The van der Waals surface area contributed by atoms with Crippen molar-refractivity contribution < 1.29 is 0 Å². The molecule has 1 aliphatic rings. The van der Waals surface area contributed by atoms with Crippen LogP contribution in [-0.4, -0.2) is 11.4 Å². The van der Waals surface area contributed by atoms with Crippen LogP contribution < -0.4 is 0 Å². The zero-order valence-corrected chi connectivity index (χ0v) is 12.5. The third-order valence-electron chi connectivity index (χ3n) is 3.94. The van der Waals surface area contributed by atoms with Gasteiger partial charge in [0.05, 0.1) is 17.1 Å². The van der Waals surface area contributed by atoms with Gasteiger partial charge in [0.1, 0.15) is 0 Å². The summed E-state index contributed by atoms with van der Waals surface area (Å²) in [6.07, 6.45) is 0.787. The van der Waals surface area contributed by atoms with E-state index in [0.717, 1.165) is 34.8 Å². The van der Waals surface area contributed by atoms with Crippen molar-refractivity contribution in [3.63, 3.8) is 0 Å². The van der Waals surface area contributed by atoms with Gasteiger partial charge in [0.25, 0.3) is 0 Å². The molecule has 3 aromatic carbocycles. The van der Waals surface area contributed by atoms with Gasteiger partial charge in [0.2, 0.25) is 0 Å². The van der Waals surface area contributed by atoms with Gasteiger partial charge < -0.3 is 0 Å². The molecule has 106 valence electrons. The highest BCUT2D eigenvalue weighted by atomic mass is 14.9. The molecule has 4 rings (SSSR count). The standard InChI is InChI=1S/C20H16N2/c1-14-11-18(15-7-3-2-4-8-15)22-20-13-17-10-6-5-9-16(17)12-19(20)21-14/h2-10,12-13H,11H2,1H3. The Morgan fingerprint density at radius 3 is 2.00 bits per heavy atom. The molecule has 0 fully saturated rings. The highest BCUT2D eigenvalue weighted by Crippen LogP contribution is 2.35. The molecule has 0 bridgehead atoms. The summed E-state index contributed by atoms with van der Waals surface area (Å²) in [5.74, 6) is 0. The fourth-order valence-corrected chi connectivity index (χ4v) is 2.86. The normalized spacial score (nSPS) is 14.0. The van der Waals surface area contributed by atoms with E-state index in [4.69, 9.17) is 9.98 Å². The Hall–Kier alpha value is -2.74. The van der Waals surface area contributed by atoms with E-state index in [1.54, 1.807) is 0 Å². The zero-order valence-electron chi connectivity index (χ0n) is 12.5. The summed E-state index contributed by atoms with van der Waals surface area (Å²) in [6, 6.07) is 23.0. The van der Waals surface area contributed by atoms with Gasteiger partial charge in [0, 0.05) is 12.1 Å². The number of hydrogen-bond donors (Lipinski definition) is 0. The molecule has 0 N–H and O–H groups in total.